The van der Waals surface area contributed by atoms with Gasteiger partial charge >= 0.3 is 0 Å². The Labute approximate surface area is 111 Å². The van der Waals surface area contributed by atoms with Gasteiger partial charge in [-0.15, -0.1) is 0 Å². The Hall–Kier alpha value is -0.920. The molecule has 2 spiro atoms. The third-order valence-corrected chi connectivity index (χ3v) is 8.85. The Morgan fingerprint density at radius 1 is 0.842 bits per heavy atom. The summed E-state index contributed by atoms with van der Waals surface area (Å²) in [7, 11) is 0. The fourth-order valence-corrected chi connectivity index (χ4v) is 9.16. The van der Waals surface area contributed by atoms with E-state index in [-0.39, 0.29) is 22.7 Å². The van der Waals surface area contributed by atoms with Gasteiger partial charge < -0.3 is 0 Å². The minimum atomic E-state index is -0.177. The molecule has 0 aromatic heterocycles. The molecule has 0 N–H and O–H groups in total. The summed E-state index contributed by atoms with van der Waals surface area (Å²) in [4.78, 5) is 26.4. The molecule has 0 amide bonds. The number of carbonyl (C=O) groups is 2. The van der Waals surface area contributed by atoms with Crippen LogP contribution in [0.3, 0.4) is 0 Å². The average Bonchev–Trinajstić information content (AvgIpc) is 2.95. The van der Waals surface area contributed by atoms with Crippen molar-refractivity contribution in [3.05, 3.63) is 12.2 Å². The fourth-order valence-electron chi connectivity index (χ4n) is 9.16. The van der Waals surface area contributed by atoms with Crippen LogP contribution in [0.4, 0.5) is 0 Å². The molecule has 2 nitrogen and oxygen atoms in total. The van der Waals surface area contributed by atoms with Crippen LogP contribution in [0.2, 0.25) is 0 Å². The Morgan fingerprint density at radius 2 is 1.32 bits per heavy atom. The molecule has 0 aliphatic heterocycles. The summed E-state index contributed by atoms with van der Waals surface area (Å²) >= 11 is 0. The van der Waals surface area contributed by atoms with Gasteiger partial charge in [0.15, 0.2) is 0 Å². The first-order valence-electron chi connectivity index (χ1n) is 8.02. The number of hydrogen-bond donors (Lipinski definition) is 0. The predicted octanol–water partition coefficient (Wildman–Crippen LogP) is 1.85. The van der Waals surface area contributed by atoms with Crippen molar-refractivity contribution in [1.82, 2.24) is 0 Å². The second kappa shape index (κ2) is 2.08. The minimum absolute atomic E-state index is 0.169. The lowest BCUT2D eigenvalue weighted by molar-refractivity contribution is -0.232. The van der Waals surface area contributed by atoms with Crippen molar-refractivity contribution >= 4 is 11.6 Å². The summed E-state index contributed by atoms with van der Waals surface area (Å²) in [5.41, 5.74) is -0.354. The van der Waals surface area contributed by atoms with Crippen LogP contribution in [-0.2, 0) is 9.59 Å². The highest BCUT2D eigenvalue weighted by Gasteiger charge is 2.98. The maximum absolute atomic E-state index is 13.2. The molecule has 19 heavy (non-hydrogen) atoms. The lowest BCUT2D eigenvalue weighted by atomic mass is 9.28. The molecule has 0 heterocycles. The highest BCUT2D eigenvalue weighted by molar-refractivity contribution is 6.12. The number of hydrogen-bond acceptors (Lipinski definition) is 2. The zero-order valence-corrected chi connectivity index (χ0v) is 10.7. The van der Waals surface area contributed by atoms with Crippen LogP contribution in [0, 0.1) is 58.2 Å². The summed E-state index contributed by atoms with van der Waals surface area (Å²) in [5, 5.41) is 0. The number of allylic oxidation sites excluding steroid dienone is 2. The van der Waals surface area contributed by atoms with E-state index in [1.807, 2.05) is 0 Å². The van der Waals surface area contributed by atoms with E-state index < -0.39 is 0 Å². The molecule has 6 fully saturated rings. The van der Waals surface area contributed by atoms with Gasteiger partial charge in [0.05, 0.1) is 10.8 Å². The van der Waals surface area contributed by atoms with Gasteiger partial charge in [0.25, 0.3) is 0 Å². The van der Waals surface area contributed by atoms with E-state index in [4.69, 9.17) is 0 Å². The molecule has 8 aliphatic rings. The fraction of sp³-hybridized carbons (Fsp3) is 0.765. The first-order valence-corrected chi connectivity index (χ1v) is 8.02. The molecule has 0 aromatic rings. The van der Waals surface area contributed by atoms with E-state index in [9.17, 15) is 9.59 Å². The molecule has 6 saturated carbocycles. The average molecular weight is 252 g/mol. The topological polar surface area (TPSA) is 34.1 Å². The predicted molar refractivity (Wildman–Crippen MR) is 65.8 cm³/mol. The lowest BCUT2D eigenvalue weighted by Gasteiger charge is -2.72. The Morgan fingerprint density at radius 3 is 1.74 bits per heavy atom. The maximum atomic E-state index is 13.2. The highest BCUT2D eigenvalue weighted by atomic mass is 16.2. The molecule has 2 heteroatoms. The third-order valence-electron chi connectivity index (χ3n) is 8.85. The highest BCUT2D eigenvalue weighted by Crippen LogP contribution is 2.94. The largest absolute Gasteiger partial charge is 0.299 e. The first kappa shape index (κ1) is 9.10. The second-order valence-corrected chi connectivity index (χ2v) is 8.31. The first-order chi connectivity index (χ1) is 9.25. The van der Waals surface area contributed by atoms with Crippen molar-refractivity contribution in [1.29, 1.82) is 0 Å². The van der Waals surface area contributed by atoms with Gasteiger partial charge in [0, 0.05) is 11.8 Å². The van der Waals surface area contributed by atoms with E-state index >= 15 is 0 Å². The standard InChI is InChI=1S/C17H16O2/c18-14-10-8-5-9-11(10)15(19)17-7-2-1-6(3-4-7)16(14,17)12(8)13(9)17/h1-2,6-13H,3-5H2/t6-,7+,8+,9-,10+,11-,12-,13+,16+,17-. The molecule has 0 unspecified atom stereocenters. The zero-order valence-electron chi connectivity index (χ0n) is 10.7. The number of rotatable bonds is 0. The van der Waals surface area contributed by atoms with E-state index in [1.165, 1.54) is 19.3 Å². The van der Waals surface area contributed by atoms with Crippen LogP contribution in [0.15, 0.2) is 12.2 Å². The smallest absolute Gasteiger partial charge is 0.145 e. The number of Topliss-reactive ketones (excluding diaryl/α,β-unsaturated/α-hetero) is 2. The Balaban J connectivity index is 1.69. The SMILES string of the molecule is O=C1[C@@H]2[C@H]3C[C@H]4[C@@H]2C(=O)[C@]25[C@H]4[C@H]3[C@]12[C@H]1C=C[C@@H]5CC1. The minimum Gasteiger partial charge on any atom is -0.299 e. The quantitative estimate of drug-likeness (QED) is 0.617. The monoisotopic (exact) mass is 252 g/mol. The molecule has 96 valence electrons. The van der Waals surface area contributed by atoms with E-state index in [1.54, 1.807) is 0 Å². The van der Waals surface area contributed by atoms with Crippen LogP contribution in [0.5, 0.6) is 0 Å². The Bertz CT molecular complexity index is 594. The van der Waals surface area contributed by atoms with Crippen LogP contribution >= 0.6 is 0 Å². The number of ketones is 2. The van der Waals surface area contributed by atoms with Crippen molar-refractivity contribution in [3.63, 3.8) is 0 Å². The van der Waals surface area contributed by atoms with Crippen molar-refractivity contribution in [2.45, 2.75) is 19.3 Å². The second-order valence-electron chi connectivity index (χ2n) is 8.31. The number of fused-ring (bicyclic) bond motifs is 2. The summed E-state index contributed by atoms with van der Waals surface area (Å²) in [6, 6.07) is 0. The van der Waals surface area contributed by atoms with Crippen molar-refractivity contribution in [3.8, 4) is 0 Å². The van der Waals surface area contributed by atoms with Gasteiger partial charge in [-0.25, -0.2) is 0 Å². The number of carbonyl (C=O) groups excluding carboxylic acids is 2. The molecular weight excluding hydrogens is 236 g/mol. The van der Waals surface area contributed by atoms with E-state index in [0.29, 0.717) is 47.1 Å². The molecule has 8 rings (SSSR count). The van der Waals surface area contributed by atoms with Crippen LogP contribution in [0.25, 0.3) is 0 Å². The molecule has 8 aliphatic carbocycles. The van der Waals surface area contributed by atoms with Gasteiger partial charge in [0.1, 0.15) is 11.6 Å². The van der Waals surface area contributed by atoms with Gasteiger partial charge in [-0.3, -0.25) is 9.59 Å². The lowest BCUT2D eigenvalue weighted by Crippen LogP contribution is -2.75. The maximum Gasteiger partial charge on any atom is 0.145 e. The third kappa shape index (κ3) is 0.479. The Kier molecular flexibility index (Phi) is 0.996. The van der Waals surface area contributed by atoms with Gasteiger partial charge in [-0.05, 0) is 54.8 Å². The summed E-state index contributed by atoms with van der Waals surface area (Å²) in [5.74, 6) is 4.75. The molecule has 4 bridgehead atoms. The molecule has 0 radical (unpaired) electrons. The van der Waals surface area contributed by atoms with Crippen molar-refractivity contribution in [2.24, 2.45) is 58.2 Å². The summed E-state index contributed by atoms with van der Waals surface area (Å²) < 4.78 is 0. The van der Waals surface area contributed by atoms with E-state index in [2.05, 4.69) is 12.2 Å². The van der Waals surface area contributed by atoms with Gasteiger partial charge in [0.2, 0.25) is 0 Å². The summed E-state index contributed by atoms with van der Waals surface area (Å²) in [6.45, 7) is 0. The summed E-state index contributed by atoms with van der Waals surface area (Å²) in [6.07, 6.45) is 8.20. The van der Waals surface area contributed by atoms with Crippen molar-refractivity contribution in [2.75, 3.05) is 0 Å². The normalized spacial score (nSPS) is 75.2. The molecule has 0 saturated heterocycles. The molecular formula is C17H16O2. The van der Waals surface area contributed by atoms with E-state index in [0.717, 1.165) is 0 Å². The van der Waals surface area contributed by atoms with Gasteiger partial charge in [-0.1, -0.05) is 12.2 Å². The van der Waals surface area contributed by atoms with Crippen molar-refractivity contribution < 1.29 is 9.59 Å². The van der Waals surface area contributed by atoms with Crippen LogP contribution in [0.1, 0.15) is 19.3 Å². The molecule has 0 aromatic carbocycles. The molecule has 10 atom stereocenters. The zero-order chi connectivity index (χ0) is 12.3. The van der Waals surface area contributed by atoms with Crippen LogP contribution < -0.4 is 0 Å². The van der Waals surface area contributed by atoms with Gasteiger partial charge in [-0.2, -0.15) is 0 Å². The van der Waals surface area contributed by atoms with Crippen LogP contribution in [-0.4, -0.2) is 11.6 Å².